The molecule has 1 fully saturated rings. The summed E-state index contributed by atoms with van der Waals surface area (Å²) in [6.07, 6.45) is -0.989. The third-order valence-corrected chi connectivity index (χ3v) is 3.73. The van der Waals surface area contributed by atoms with Gasteiger partial charge in [0.2, 0.25) is 0 Å². The van der Waals surface area contributed by atoms with Crippen LogP contribution in [-0.2, 0) is 14.3 Å². The van der Waals surface area contributed by atoms with Crippen LogP contribution in [0.15, 0.2) is 24.3 Å². The first-order valence-corrected chi connectivity index (χ1v) is 7.35. The SMILES string of the molecule is CO[C@@H]1COC[C@@H](CNC(=O)COc2ccc(C)cc2)[C@@H]1O. The molecule has 22 heavy (non-hydrogen) atoms. The Morgan fingerprint density at radius 2 is 2.09 bits per heavy atom. The highest BCUT2D eigenvalue weighted by molar-refractivity contribution is 5.77. The van der Waals surface area contributed by atoms with Gasteiger partial charge in [-0.15, -0.1) is 0 Å². The van der Waals surface area contributed by atoms with Gasteiger partial charge >= 0.3 is 0 Å². The zero-order chi connectivity index (χ0) is 15.9. The number of hydrogen-bond donors (Lipinski definition) is 2. The molecule has 6 nitrogen and oxygen atoms in total. The lowest BCUT2D eigenvalue weighted by Crippen LogP contribution is -2.49. The Morgan fingerprint density at radius 3 is 2.77 bits per heavy atom. The van der Waals surface area contributed by atoms with Crippen LogP contribution in [0.25, 0.3) is 0 Å². The molecule has 3 atom stereocenters. The standard InChI is InChI=1S/C16H23NO5/c1-11-3-5-13(6-4-11)22-10-15(18)17-7-12-8-21-9-14(20-2)16(12)19/h3-6,12,14,16,19H,7-10H2,1-2H3,(H,17,18)/t12-,14-,16+/m1/s1. The topological polar surface area (TPSA) is 77.0 Å². The molecule has 0 radical (unpaired) electrons. The molecular formula is C16H23NO5. The largest absolute Gasteiger partial charge is 0.484 e. The van der Waals surface area contributed by atoms with Gasteiger partial charge in [0, 0.05) is 19.6 Å². The summed E-state index contributed by atoms with van der Waals surface area (Å²) in [5.74, 6) is 0.246. The lowest BCUT2D eigenvalue weighted by molar-refractivity contribution is -0.136. The van der Waals surface area contributed by atoms with Crippen molar-refractivity contribution in [2.75, 3.05) is 33.5 Å². The fraction of sp³-hybridized carbons (Fsp3) is 0.562. The van der Waals surface area contributed by atoms with Crippen LogP contribution in [-0.4, -0.2) is 56.7 Å². The second-order valence-electron chi connectivity index (χ2n) is 5.47. The number of carbonyl (C=O) groups is 1. The first kappa shape index (κ1) is 16.7. The summed E-state index contributed by atoms with van der Waals surface area (Å²) in [5.41, 5.74) is 1.13. The number of ether oxygens (including phenoxy) is 3. The van der Waals surface area contributed by atoms with E-state index in [0.29, 0.717) is 25.5 Å². The van der Waals surface area contributed by atoms with Crippen molar-refractivity contribution >= 4 is 5.91 Å². The fourth-order valence-corrected chi connectivity index (χ4v) is 2.30. The highest BCUT2D eigenvalue weighted by atomic mass is 16.5. The van der Waals surface area contributed by atoms with Crippen LogP contribution >= 0.6 is 0 Å². The van der Waals surface area contributed by atoms with Crippen LogP contribution in [0.1, 0.15) is 5.56 Å². The molecule has 1 heterocycles. The molecule has 122 valence electrons. The molecule has 2 rings (SSSR count). The van der Waals surface area contributed by atoms with Crippen LogP contribution in [0.4, 0.5) is 0 Å². The molecule has 1 amide bonds. The monoisotopic (exact) mass is 309 g/mol. The molecule has 1 aliphatic heterocycles. The van der Waals surface area contributed by atoms with Crippen LogP contribution in [0.5, 0.6) is 5.75 Å². The van der Waals surface area contributed by atoms with Crippen LogP contribution < -0.4 is 10.1 Å². The minimum absolute atomic E-state index is 0.0551. The summed E-state index contributed by atoms with van der Waals surface area (Å²) in [6, 6.07) is 7.50. The highest BCUT2D eigenvalue weighted by Crippen LogP contribution is 2.16. The molecule has 1 aromatic rings. The molecule has 1 saturated heterocycles. The van der Waals surface area contributed by atoms with E-state index in [1.54, 1.807) is 0 Å². The molecular weight excluding hydrogens is 286 g/mol. The lowest BCUT2D eigenvalue weighted by Gasteiger charge is -2.33. The Labute approximate surface area is 130 Å². The van der Waals surface area contributed by atoms with Crippen LogP contribution in [0.2, 0.25) is 0 Å². The molecule has 0 unspecified atom stereocenters. The minimum atomic E-state index is -0.642. The van der Waals surface area contributed by atoms with Crippen LogP contribution in [0.3, 0.4) is 0 Å². The maximum atomic E-state index is 11.8. The second-order valence-corrected chi connectivity index (χ2v) is 5.47. The van der Waals surface area contributed by atoms with E-state index in [0.717, 1.165) is 5.56 Å². The predicted molar refractivity (Wildman–Crippen MR) is 80.8 cm³/mol. The van der Waals surface area contributed by atoms with Gasteiger partial charge < -0.3 is 24.6 Å². The number of amides is 1. The summed E-state index contributed by atoms with van der Waals surface area (Å²) < 4.78 is 15.9. The molecule has 1 aliphatic rings. The summed E-state index contributed by atoms with van der Waals surface area (Å²) >= 11 is 0. The number of aryl methyl sites for hydroxylation is 1. The highest BCUT2D eigenvalue weighted by Gasteiger charge is 2.32. The average molecular weight is 309 g/mol. The van der Waals surface area contributed by atoms with E-state index in [4.69, 9.17) is 14.2 Å². The van der Waals surface area contributed by atoms with Crippen molar-refractivity contribution in [3.63, 3.8) is 0 Å². The van der Waals surface area contributed by atoms with Gasteiger partial charge in [0.1, 0.15) is 11.9 Å². The molecule has 6 heteroatoms. The summed E-state index contributed by atoms with van der Waals surface area (Å²) in [7, 11) is 1.54. The molecule has 0 spiro atoms. The summed E-state index contributed by atoms with van der Waals surface area (Å²) in [6.45, 7) is 3.04. The van der Waals surface area contributed by atoms with Crippen molar-refractivity contribution < 1.29 is 24.1 Å². The summed E-state index contributed by atoms with van der Waals surface area (Å²) in [4.78, 5) is 11.8. The third kappa shape index (κ3) is 4.69. The van der Waals surface area contributed by atoms with E-state index in [-0.39, 0.29) is 24.5 Å². The minimum Gasteiger partial charge on any atom is -0.484 e. The predicted octanol–water partition coefficient (Wildman–Crippen LogP) is 0.512. The van der Waals surface area contributed by atoms with Crippen molar-refractivity contribution in [2.45, 2.75) is 19.1 Å². The van der Waals surface area contributed by atoms with Crippen molar-refractivity contribution in [1.29, 1.82) is 0 Å². The number of hydrogen-bond acceptors (Lipinski definition) is 5. The average Bonchev–Trinajstić information content (AvgIpc) is 2.53. The quantitative estimate of drug-likeness (QED) is 0.801. The van der Waals surface area contributed by atoms with Crippen molar-refractivity contribution in [2.24, 2.45) is 5.92 Å². The van der Waals surface area contributed by atoms with Gasteiger partial charge in [-0.05, 0) is 19.1 Å². The maximum Gasteiger partial charge on any atom is 0.257 e. The molecule has 0 aliphatic carbocycles. The zero-order valence-corrected chi connectivity index (χ0v) is 13.0. The maximum absolute atomic E-state index is 11.8. The van der Waals surface area contributed by atoms with Gasteiger partial charge in [-0.3, -0.25) is 4.79 Å². The molecule has 2 N–H and O–H groups in total. The number of methoxy groups -OCH3 is 1. The van der Waals surface area contributed by atoms with Gasteiger partial charge in [0.25, 0.3) is 5.91 Å². The van der Waals surface area contributed by atoms with Gasteiger partial charge in [-0.2, -0.15) is 0 Å². The van der Waals surface area contributed by atoms with Crippen molar-refractivity contribution in [3.05, 3.63) is 29.8 Å². The van der Waals surface area contributed by atoms with Gasteiger partial charge in [0.15, 0.2) is 6.61 Å². The number of carbonyl (C=O) groups excluding carboxylic acids is 1. The Bertz CT molecular complexity index is 476. The van der Waals surface area contributed by atoms with Gasteiger partial charge in [0.05, 0.1) is 19.3 Å². The summed E-state index contributed by atoms with van der Waals surface area (Å²) in [5, 5.41) is 12.8. The Morgan fingerprint density at radius 1 is 1.36 bits per heavy atom. The first-order valence-electron chi connectivity index (χ1n) is 7.35. The Hall–Kier alpha value is -1.63. The Balaban J connectivity index is 1.72. The van der Waals surface area contributed by atoms with E-state index in [1.165, 1.54) is 7.11 Å². The van der Waals surface area contributed by atoms with Crippen LogP contribution in [0, 0.1) is 12.8 Å². The number of rotatable bonds is 6. The molecule has 0 saturated carbocycles. The number of benzene rings is 1. The van der Waals surface area contributed by atoms with E-state index in [9.17, 15) is 9.90 Å². The van der Waals surface area contributed by atoms with Crippen molar-refractivity contribution in [1.82, 2.24) is 5.32 Å². The zero-order valence-electron chi connectivity index (χ0n) is 13.0. The number of aliphatic hydroxyl groups excluding tert-OH is 1. The Kier molecular flexibility index (Phi) is 6.18. The van der Waals surface area contributed by atoms with E-state index in [2.05, 4.69) is 5.32 Å². The number of nitrogens with one attached hydrogen (secondary N) is 1. The lowest BCUT2D eigenvalue weighted by atomic mass is 9.96. The van der Waals surface area contributed by atoms with Gasteiger partial charge in [-0.1, -0.05) is 17.7 Å². The van der Waals surface area contributed by atoms with Gasteiger partial charge in [-0.25, -0.2) is 0 Å². The second kappa shape index (κ2) is 8.12. The van der Waals surface area contributed by atoms with E-state index >= 15 is 0 Å². The normalized spacial score (nSPS) is 24.8. The molecule has 0 bridgehead atoms. The fourth-order valence-electron chi connectivity index (χ4n) is 2.30. The van der Waals surface area contributed by atoms with E-state index in [1.807, 2.05) is 31.2 Å². The molecule has 1 aromatic carbocycles. The van der Waals surface area contributed by atoms with Crippen molar-refractivity contribution in [3.8, 4) is 5.75 Å². The third-order valence-electron chi connectivity index (χ3n) is 3.73. The number of aliphatic hydroxyl groups is 1. The molecule has 0 aromatic heterocycles. The van der Waals surface area contributed by atoms with E-state index < -0.39 is 6.10 Å². The first-order chi connectivity index (χ1) is 10.6. The smallest absolute Gasteiger partial charge is 0.257 e.